The van der Waals surface area contributed by atoms with Gasteiger partial charge >= 0.3 is 0 Å². The van der Waals surface area contributed by atoms with Gasteiger partial charge in [-0.05, 0) is 19.1 Å². The molecule has 1 atom stereocenters. The van der Waals surface area contributed by atoms with Crippen molar-refractivity contribution in [3.05, 3.63) is 30.0 Å². The number of carbonyl (C=O) groups is 1. The second-order valence-corrected chi connectivity index (χ2v) is 4.58. The number of nitriles is 1. The predicted octanol–water partition coefficient (Wildman–Crippen LogP) is 1.83. The molecule has 0 aliphatic carbocycles. The van der Waals surface area contributed by atoms with Crippen molar-refractivity contribution in [2.45, 2.75) is 13.0 Å². The van der Waals surface area contributed by atoms with E-state index in [-0.39, 0.29) is 24.3 Å². The van der Waals surface area contributed by atoms with Crippen LogP contribution in [0.5, 0.6) is 5.75 Å². The van der Waals surface area contributed by atoms with E-state index in [2.05, 4.69) is 5.32 Å². The number of furan rings is 1. The Balaban J connectivity index is 2.06. The highest BCUT2D eigenvalue weighted by atomic mass is 16.5. The van der Waals surface area contributed by atoms with Crippen LogP contribution in [-0.4, -0.2) is 32.3 Å². The van der Waals surface area contributed by atoms with E-state index in [1.807, 2.05) is 19.1 Å². The lowest BCUT2D eigenvalue weighted by atomic mass is 10.2. The van der Waals surface area contributed by atoms with Crippen molar-refractivity contribution in [1.29, 1.82) is 5.26 Å². The summed E-state index contributed by atoms with van der Waals surface area (Å²) < 4.78 is 15.8. The molecule has 2 aromatic rings. The van der Waals surface area contributed by atoms with Gasteiger partial charge in [-0.3, -0.25) is 4.79 Å². The van der Waals surface area contributed by atoms with E-state index in [1.54, 1.807) is 25.3 Å². The number of amides is 1. The maximum atomic E-state index is 11.8. The molecule has 1 aromatic heterocycles. The molecule has 1 amide bonds. The van der Waals surface area contributed by atoms with Crippen LogP contribution in [0.1, 0.15) is 12.7 Å². The predicted molar refractivity (Wildman–Crippen MR) is 75.9 cm³/mol. The molecule has 6 nitrogen and oxygen atoms in total. The first-order valence-corrected chi connectivity index (χ1v) is 6.48. The number of para-hydroxylation sites is 1. The lowest BCUT2D eigenvalue weighted by molar-refractivity contribution is -0.124. The molecule has 2 rings (SSSR count). The molecule has 6 heteroatoms. The first-order valence-electron chi connectivity index (χ1n) is 6.48. The zero-order chi connectivity index (χ0) is 15.2. The number of fused-ring (bicyclic) bond motifs is 1. The Labute approximate surface area is 122 Å². The summed E-state index contributed by atoms with van der Waals surface area (Å²) in [4.78, 5) is 11.8. The molecule has 0 aliphatic rings. The molecule has 21 heavy (non-hydrogen) atoms. The number of ether oxygens (including phenoxy) is 2. The standard InChI is InChI=1S/C15H16N2O4/c1-10(8-19-2)17-14(18)9-20-15-11-5-3-4-6-12(11)21-13(15)7-16/h3-6,10H,8-9H2,1-2H3,(H,17,18). The lowest BCUT2D eigenvalue weighted by Gasteiger charge is -2.12. The SMILES string of the molecule is COCC(C)NC(=O)COc1c(C#N)oc2ccccc12. The first-order chi connectivity index (χ1) is 10.2. The van der Waals surface area contributed by atoms with Gasteiger partial charge in [0.25, 0.3) is 5.91 Å². The third kappa shape index (κ3) is 3.52. The lowest BCUT2D eigenvalue weighted by Crippen LogP contribution is -2.38. The second-order valence-electron chi connectivity index (χ2n) is 4.58. The minimum atomic E-state index is -0.284. The summed E-state index contributed by atoms with van der Waals surface area (Å²) in [5.74, 6) is 0.0744. The van der Waals surface area contributed by atoms with E-state index < -0.39 is 0 Å². The van der Waals surface area contributed by atoms with Crippen LogP contribution < -0.4 is 10.1 Å². The zero-order valence-electron chi connectivity index (χ0n) is 11.9. The number of rotatable bonds is 6. The number of nitrogens with zero attached hydrogens (tertiary/aromatic N) is 1. The van der Waals surface area contributed by atoms with E-state index in [0.717, 1.165) is 0 Å². The third-order valence-electron chi connectivity index (χ3n) is 2.82. The highest BCUT2D eigenvalue weighted by Gasteiger charge is 2.16. The zero-order valence-corrected chi connectivity index (χ0v) is 11.9. The quantitative estimate of drug-likeness (QED) is 0.876. The Morgan fingerprint density at radius 2 is 2.24 bits per heavy atom. The summed E-state index contributed by atoms with van der Waals surface area (Å²) in [5, 5.41) is 12.5. The molecule has 0 saturated heterocycles. The highest BCUT2D eigenvalue weighted by Crippen LogP contribution is 2.32. The van der Waals surface area contributed by atoms with Crippen molar-refractivity contribution in [2.24, 2.45) is 0 Å². The van der Waals surface area contributed by atoms with Gasteiger partial charge in [0.15, 0.2) is 12.4 Å². The topological polar surface area (TPSA) is 84.5 Å². The molecular formula is C15H16N2O4. The Hall–Kier alpha value is -2.52. The molecule has 0 radical (unpaired) electrons. The van der Waals surface area contributed by atoms with Gasteiger partial charge in [0, 0.05) is 13.2 Å². The number of methoxy groups -OCH3 is 1. The minimum Gasteiger partial charge on any atom is -0.478 e. The number of carbonyl (C=O) groups excluding carboxylic acids is 1. The van der Waals surface area contributed by atoms with Crippen LogP contribution in [0.2, 0.25) is 0 Å². The molecule has 1 heterocycles. The molecule has 1 N–H and O–H groups in total. The van der Waals surface area contributed by atoms with E-state index in [0.29, 0.717) is 23.3 Å². The van der Waals surface area contributed by atoms with Gasteiger partial charge in [-0.1, -0.05) is 12.1 Å². The fourth-order valence-corrected chi connectivity index (χ4v) is 1.98. The number of nitrogens with one attached hydrogen (secondary N) is 1. The summed E-state index contributed by atoms with van der Waals surface area (Å²) in [7, 11) is 1.57. The van der Waals surface area contributed by atoms with Crippen molar-refractivity contribution in [2.75, 3.05) is 20.3 Å². The maximum absolute atomic E-state index is 11.8. The average Bonchev–Trinajstić information content (AvgIpc) is 2.83. The van der Waals surface area contributed by atoms with Crippen LogP contribution in [0.25, 0.3) is 11.0 Å². The van der Waals surface area contributed by atoms with E-state index >= 15 is 0 Å². The van der Waals surface area contributed by atoms with Crippen molar-refractivity contribution in [3.63, 3.8) is 0 Å². The molecule has 0 fully saturated rings. The number of hydrogen-bond donors (Lipinski definition) is 1. The summed E-state index contributed by atoms with van der Waals surface area (Å²) in [5.41, 5.74) is 0.553. The number of benzene rings is 1. The van der Waals surface area contributed by atoms with Gasteiger partial charge in [0.05, 0.1) is 12.0 Å². The van der Waals surface area contributed by atoms with Gasteiger partial charge in [-0.25, -0.2) is 0 Å². The highest BCUT2D eigenvalue weighted by molar-refractivity contribution is 5.87. The largest absolute Gasteiger partial charge is 0.478 e. The van der Waals surface area contributed by atoms with E-state index in [4.69, 9.17) is 19.2 Å². The van der Waals surface area contributed by atoms with Crippen LogP contribution in [0.3, 0.4) is 0 Å². The molecular weight excluding hydrogens is 272 g/mol. The third-order valence-corrected chi connectivity index (χ3v) is 2.82. The van der Waals surface area contributed by atoms with Crippen LogP contribution in [0.4, 0.5) is 0 Å². The summed E-state index contributed by atoms with van der Waals surface area (Å²) in [6.45, 7) is 2.06. The van der Waals surface area contributed by atoms with Gasteiger partial charge in [0.1, 0.15) is 11.7 Å². The van der Waals surface area contributed by atoms with Gasteiger partial charge in [0.2, 0.25) is 5.76 Å². The first kappa shape index (κ1) is 14.9. The van der Waals surface area contributed by atoms with Crippen LogP contribution in [-0.2, 0) is 9.53 Å². The van der Waals surface area contributed by atoms with E-state index in [9.17, 15) is 4.79 Å². The number of hydrogen-bond acceptors (Lipinski definition) is 5. The Kier molecular flexibility index (Phi) is 4.80. The Bertz CT molecular complexity index is 672. The normalized spacial score (nSPS) is 11.9. The summed E-state index contributed by atoms with van der Waals surface area (Å²) >= 11 is 0. The molecule has 0 bridgehead atoms. The summed E-state index contributed by atoms with van der Waals surface area (Å²) in [6, 6.07) is 8.95. The Morgan fingerprint density at radius 3 is 2.95 bits per heavy atom. The molecule has 0 spiro atoms. The minimum absolute atomic E-state index is 0.0638. The molecule has 1 unspecified atom stereocenters. The molecule has 0 saturated carbocycles. The van der Waals surface area contributed by atoms with Gasteiger partial charge in [-0.2, -0.15) is 5.26 Å². The Morgan fingerprint density at radius 1 is 1.48 bits per heavy atom. The van der Waals surface area contributed by atoms with Gasteiger partial charge < -0.3 is 19.2 Å². The van der Waals surface area contributed by atoms with Gasteiger partial charge in [-0.15, -0.1) is 0 Å². The van der Waals surface area contributed by atoms with Crippen molar-refractivity contribution in [3.8, 4) is 11.8 Å². The fourth-order valence-electron chi connectivity index (χ4n) is 1.98. The smallest absolute Gasteiger partial charge is 0.258 e. The maximum Gasteiger partial charge on any atom is 0.258 e. The molecule has 0 aliphatic heterocycles. The van der Waals surface area contributed by atoms with Crippen molar-refractivity contribution < 1.29 is 18.7 Å². The second kappa shape index (κ2) is 6.77. The fraction of sp³-hybridized carbons (Fsp3) is 0.333. The van der Waals surface area contributed by atoms with Crippen molar-refractivity contribution >= 4 is 16.9 Å². The summed E-state index contributed by atoms with van der Waals surface area (Å²) in [6.07, 6.45) is 0. The average molecular weight is 288 g/mol. The van der Waals surface area contributed by atoms with Crippen LogP contribution >= 0.6 is 0 Å². The van der Waals surface area contributed by atoms with Crippen molar-refractivity contribution in [1.82, 2.24) is 5.32 Å². The molecule has 1 aromatic carbocycles. The van der Waals surface area contributed by atoms with Crippen LogP contribution in [0.15, 0.2) is 28.7 Å². The van der Waals surface area contributed by atoms with E-state index in [1.165, 1.54) is 0 Å². The monoisotopic (exact) mass is 288 g/mol. The van der Waals surface area contributed by atoms with Crippen LogP contribution in [0, 0.1) is 11.3 Å². The molecule has 110 valence electrons.